The largest absolute Gasteiger partial charge is 0.497 e. The molecule has 0 bridgehead atoms. The Hall–Kier alpha value is -3.51. The molecule has 0 aromatic heterocycles. The van der Waals surface area contributed by atoms with Crippen molar-refractivity contribution in [1.29, 1.82) is 0 Å². The number of thioether (sulfide) groups is 1. The molecular formula is C26H24N2O3S. The summed E-state index contributed by atoms with van der Waals surface area (Å²) in [5.74, 6) is 1.29. The van der Waals surface area contributed by atoms with Crippen LogP contribution in [0.1, 0.15) is 11.1 Å². The molecule has 0 atom stereocenters. The van der Waals surface area contributed by atoms with Gasteiger partial charge in [-0.15, -0.1) is 0 Å². The molecule has 0 saturated carbocycles. The average molecular weight is 445 g/mol. The van der Waals surface area contributed by atoms with Gasteiger partial charge in [0.2, 0.25) is 0 Å². The number of carbonyl (C=O) groups excluding carboxylic acids is 1. The lowest BCUT2D eigenvalue weighted by Gasteiger charge is -2.15. The zero-order valence-corrected chi connectivity index (χ0v) is 18.8. The predicted octanol–water partition coefficient (Wildman–Crippen LogP) is 5.55. The number of nitrogens with zero attached hydrogens (tertiary/aromatic N) is 2. The highest BCUT2D eigenvalue weighted by Crippen LogP contribution is 2.36. The summed E-state index contributed by atoms with van der Waals surface area (Å²) in [7, 11) is 3.22. The Kier molecular flexibility index (Phi) is 6.92. The van der Waals surface area contributed by atoms with E-state index >= 15 is 0 Å². The summed E-state index contributed by atoms with van der Waals surface area (Å²) in [6.45, 7) is 0.554. The summed E-state index contributed by atoms with van der Waals surface area (Å²) in [6.07, 6.45) is 2.61. The molecule has 6 heteroatoms. The molecule has 5 nitrogen and oxygen atoms in total. The van der Waals surface area contributed by atoms with Gasteiger partial charge in [-0.25, -0.2) is 4.99 Å². The Labute approximate surface area is 192 Å². The van der Waals surface area contributed by atoms with E-state index in [9.17, 15) is 4.79 Å². The van der Waals surface area contributed by atoms with Crippen molar-refractivity contribution < 1.29 is 14.3 Å². The van der Waals surface area contributed by atoms with Gasteiger partial charge in [0.15, 0.2) is 5.17 Å². The minimum Gasteiger partial charge on any atom is -0.497 e. The van der Waals surface area contributed by atoms with Crippen LogP contribution in [-0.4, -0.2) is 36.7 Å². The van der Waals surface area contributed by atoms with Crippen LogP contribution in [-0.2, 0) is 11.2 Å². The topological polar surface area (TPSA) is 51.1 Å². The Morgan fingerprint density at radius 3 is 2.34 bits per heavy atom. The van der Waals surface area contributed by atoms with E-state index in [2.05, 4.69) is 12.1 Å². The lowest BCUT2D eigenvalue weighted by atomic mass is 10.1. The Morgan fingerprint density at radius 2 is 1.66 bits per heavy atom. The number of carbonyl (C=O) groups is 1. The molecule has 3 aromatic carbocycles. The van der Waals surface area contributed by atoms with Gasteiger partial charge in [0.05, 0.1) is 24.8 Å². The van der Waals surface area contributed by atoms with Crippen LogP contribution in [0.3, 0.4) is 0 Å². The first-order valence-corrected chi connectivity index (χ1v) is 11.1. The highest BCUT2D eigenvalue weighted by atomic mass is 32.2. The van der Waals surface area contributed by atoms with Crippen molar-refractivity contribution in [3.63, 3.8) is 0 Å². The summed E-state index contributed by atoms with van der Waals surface area (Å²) >= 11 is 1.38. The van der Waals surface area contributed by atoms with E-state index < -0.39 is 0 Å². The minimum atomic E-state index is -0.0570. The fraction of sp³-hybridized carbons (Fsp3) is 0.154. The highest BCUT2D eigenvalue weighted by molar-refractivity contribution is 8.18. The standard InChI is InChI=1S/C26H24N2O3S/c1-30-22-14-13-20(23(18-22)31-2)17-24-25(29)28(16-15-19-9-5-3-6-10-19)26(32-24)27-21-11-7-4-8-12-21/h3-14,17-18H,15-16H2,1-2H3. The summed E-state index contributed by atoms with van der Waals surface area (Å²) in [6, 6.07) is 25.4. The van der Waals surface area contributed by atoms with Gasteiger partial charge in [0, 0.05) is 18.2 Å². The maximum absolute atomic E-state index is 13.3. The van der Waals surface area contributed by atoms with E-state index in [0.717, 1.165) is 17.7 Å². The number of rotatable bonds is 7. The molecule has 1 aliphatic rings. The summed E-state index contributed by atoms with van der Waals surface area (Å²) < 4.78 is 10.8. The number of amides is 1. The molecule has 162 valence electrons. The predicted molar refractivity (Wildman–Crippen MR) is 131 cm³/mol. The van der Waals surface area contributed by atoms with Crippen LogP contribution in [0.5, 0.6) is 11.5 Å². The number of aliphatic imine (C=N–C) groups is 1. The van der Waals surface area contributed by atoms with Gasteiger partial charge in [0.25, 0.3) is 5.91 Å². The van der Waals surface area contributed by atoms with E-state index in [-0.39, 0.29) is 5.91 Å². The molecule has 3 aromatic rings. The van der Waals surface area contributed by atoms with Crippen molar-refractivity contribution in [2.24, 2.45) is 4.99 Å². The van der Waals surface area contributed by atoms with E-state index in [1.807, 2.05) is 72.8 Å². The molecule has 0 unspecified atom stereocenters. The molecule has 1 aliphatic heterocycles. The van der Waals surface area contributed by atoms with Crippen molar-refractivity contribution in [3.8, 4) is 11.5 Å². The Balaban J connectivity index is 1.65. The normalized spacial score (nSPS) is 16.1. The second kappa shape index (κ2) is 10.2. The number of benzene rings is 3. The zero-order chi connectivity index (χ0) is 22.3. The maximum atomic E-state index is 13.3. The lowest BCUT2D eigenvalue weighted by molar-refractivity contribution is -0.122. The van der Waals surface area contributed by atoms with Crippen molar-refractivity contribution in [3.05, 3.63) is 94.9 Å². The number of hydrogen-bond donors (Lipinski definition) is 0. The van der Waals surface area contributed by atoms with Gasteiger partial charge in [-0.1, -0.05) is 48.5 Å². The molecule has 1 fully saturated rings. The van der Waals surface area contributed by atoms with Crippen LogP contribution in [0, 0.1) is 0 Å². The van der Waals surface area contributed by atoms with E-state index in [4.69, 9.17) is 14.5 Å². The van der Waals surface area contributed by atoms with Crippen molar-refractivity contribution >= 4 is 34.6 Å². The Morgan fingerprint density at radius 1 is 0.938 bits per heavy atom. The quantitative estimate of drug-likeness (QED) is 0.448. The van der Waals surface area contributed by atoms with E-state index in [1.165, 1.54) is 17.3 Å². The SMILES string of the molecule is COc1ccc(C=C2SC(=Nc3ccccc3)N(CCc3ccccc3)C2=O)c(OC)c1. The fourth-order valence-corrected chi connectivity index (χ4v) is 4.38. The molecule has 1 amide bonds. The van der Waals surface area contributed by atoms with E-state index in [0.29, 0.717) is 28.1 Å². The number of methoxy groups -OCH3 is 2. The molecule has 32 heavy (non-hydrogen) atoms. The molecule has 0 radical (unpaired) electrons. The monoisotopic (exact) mass is 444 g/mol. The summed E-state index contributed by atoms with van der Waals surface area (Å²) in [5.41, 5.74) is 2.81. The third-order valence-corrected chi connectivity index (χ3v) is 6.07. The van der Waals surface area contributed by atoms with Crippen LogP contribution >= 0.6 is 11.8 Å². The van der Waals surface area contributed by atoms with Gasteiger partial charge in [0.1, 0.15) is 11.5 Å². The van der Waals surface area contributed by atoms with Crippen LogP contribution in [0.15, 0.2) is 88.8 Å². The van der Waals surface area contributed by atoms with E-state index in [1.54, 1.807) is 19.1 Å². The van der Waals surface area contributed by atoms with Gasteiger partial charge < -0.3 is 9.47 Å². The average Bonchev–Trinajstić information content (AvgIpc) is 3.12. The molecule has 0 spiro atoms. The minimum absolute atomic E-state index is 0.0570. The number of para-hydroxylation sites is 1. The maximum Gasteiger partial charge on any atom is 0.266 e. The first kappa shape index (κ1) is 21.7. The third-order valence-electron chi connectivity index (χ3n) is 5.06. The molecular weight excluding hydrogens is 420 g/mol. The second-order valence-corrected chi connectivity index (χ2v) is 8.15. The Bertz CT molecular complexity index is 1140. The van der Waals surface area contributed by atoms with Crippen LogP contribution in [0.25, 0.3) is 6.08 Å². The summed E-state index contributed by atoms with van der Waals surface area (Å²) in [4.78, 5) is 20.5. The van der Waals surface area contributed by atoms with Gasteiger partial charge >= 0.3 is 0 Å². The number of ether oxygens (including phenoxy) is 2. The van der Waals surface area contributed by atoms with Crippen molar-refractivity contribution in [2.75, 3.05) is 20.8 Å². The van der Waals surface area contributed by atoms with Crippen LogP contribution < -0.4 is 9.47 Å². The zero-order valence-electron chi connectivity index (χ0n) is 18.0. The number of hydrogen-bond acceptors (Lipinski definition) is 5. The van der Waals surface area contributed by atoms with Crippen LogP contribution in [0.4, 0.5) is 5.69 Å². The van der Waals surface area contributed by atoms with Crippen molar-refractivity contribution in [1.82, 2.24) is 4.90 Å². The lowest BCUT2D eigenvalue weighted by Crippen LogP contribution is -2.31. The highest BCUT2D eigenvalue weighted by Gasteiger charge is 2.33. The van der Waals surface area contributed by atoms with Gasteiger partial charge in [-0.3, -0.25) is 9.69 Å². The van der Waals surface area contributed by atoms with Crippen LogP contribution in [0.2, 0.25) is 0 Å². The second-order valence-electron chi connectivity index (χ2n) is 7.14. The number of amidine groups is 1. The third kappa shape index (κ3) is 5.03. The van der Waals surface area contributed by atoms with Crippen molar-refractivity contribution in [2.45, 2.75) is 6.42 Å². The smallest absolute Gasteiger partial charge is 0.266 e. The molecule has 0 N–H and O–H groups in total. The fourth-order valence-electron chi connectivity index (χ4n) is 3.37. The molecule has 1 heterocycles. The molecule has 0 aliphatic carbocycles. The first-order valence-electron chi connectivity index (χ1n) is 10.3. The van der Waals surface area contributed by atoms with Gasteiger partial charge in [-0.2, -0.15) is 0 Å². The summed E-state index contributed by atoms with van der Waals surface area (Å²) in [5, 5.41) is 0.677. The first-order chi connectivity index (χ1) is 15.7. The van der Waals surface area contributed by atoms with Gasteiger partial charge in [-0.05, 0) is 54.1 Å². The molecule has 1 saturated heterocycles. The molecule has 4 rings (SSSR count).